The maximum Gasteiger partial charge on any atom is 0.229 e. The van der Waals surface area contributed by atoms with Crippen molar-refractivity contribution in [2.45, 2.75) is 38.0 Å². The van der Waals surface area contributed by atoms with Gasteiger partial charge >= 0.3 is 0 Å². The zero-order valence-corrected chi connectivity index (χ0v) is 15.0. The molecule has 7 heteroatoms. The molecule has 0 N–H and O–H groups in total. The van der Waals surface area contributed by atoms with Crippen molar-refractivity contribution < 1.29 is 14.3 Å². The second-order valence-electron chi connectivity index (χ2n) is 6.06. The zero-order valence-electron chi connectivity index (χ0n) is 13.3. The van der Waals surface area contributed by atoms with E-state index in [2.05, 4.69) is 11.1 Å². The van der Waals surface area contributed by atoms with E-state index in [1.54, 1.807) is 22.7 Å². The Morgan fingerprint density at radius 3 is 2.96 bits per heavy atom. The predicted octanol–water partition coefficient (Wildman–Crippen LogP) is 3.17. The molecule has 4 heterocycles. The Morgan fingerprint density at radius 2 is 2.17 bits per heavy atom. The fourth-order valence-electron chi connectivity index (χ4n) is 3.31. The van der Waals surface area contributed by atoms with E-state index in [0.29, 0.717) is 19.6 Å². The Morgan fingerprint density at radius 1 is 1.29 bits per heavy atom. The van der Waals surface area contributed by atoms with Gasteiger partial charge in [0, 0.05) is 11.9 Å². The Labute approximate surface area is 149 Å². The van der Waals surface area contributed by atoms with E-state index in [0.717, 1.165) is 41.4 Å². The maximum absolute atomic E-state index is 12.8. The molecule has 0 bridgehead atoms. The van der Waals surface area contributed by atoms with Gasteiger partial charge in [0.25, 0.3) is 0 Å². The van der Waals surface area contributed by atoms with Crippen LogP contribution in [0.5, 0.6) is 0 Å². The van der Waals surface area contributed by atoms with Gasteiger partial charge in [0.2, 0.25) is 5.91 Å². The van der Waals surface area contributed by atoms with Crippen LogP contribution in [0.2, 0.25) is 0 Å². The Hall–Kier alpha value is -1.28. The molecule has 2 aliphatic heterocycles. The van der Waals surface area contributed by atoms with E-state index in [1.165, 1.54) is 0 Å². The molecule has 24 heavy (non-hydrogen) atoms. The fourth-order valence-corrected chi connectivity index (χ4v) is 4.94. The van der Waals surface area contributed by atoms with Crippen molar-refractivity contribution >= 4 is 28.6 Å². The number of piperidine rings is 1. The maximum atomic E-state index is 12.8. The Kier molecular flexibility index (Phi) is 4.93. The molecular weight excluding hydrogens is 344 g/mol. The summed E-state index contributed by atoms with van der Waals surface area (Å²) in [6.45, 7) is 2.04. The first-order chi connectivity index (χ1) is 11.8. The topological polar surface area (TPSA) is 51.7 Å². The highest BCUT2D eigenvalue weighted by Gasteiger charge is 2.36. The number of likely N-dealkylation sites (tertiary alicyclic amines) is 1. The minimum Gasteiger partial charge on any atom is -0.348 e. The number of hydrogen-bond acceptors (Lipinski definition) is 6. The largest absolute Gasteiger partial charge is 0.348 e. The van der Waals surface area contributed by atoms with Gasteiger partial charge in [0.1, 0.15) is 5.01 Å². The van der Waals surface area contributed by atoms with Crippen LogP contribution in [-0.4, -0.2) is 47.9 Å². The molecule has 128 valence electrons. The molecule has 0 spiro atoms. The molecule has 2 saturated heterocycles. The highest BCUT2D eigenvalue weighted by molar-refractivity contribution is 7.20. The summed E-state index contributed by atoms with van der Waals surface area (Å²) in [6, 6.07) is 4.13. The monoisotopic (exact) mass is 364 g/mol. The lowest BCUT2D eigenvalue weighted by atomic mass is 10.0. The van der Waals surface area contributed by atoms with Crippen molar-refractivity contribution in [3.05, 3.63) is 28.6 Å². The normalized spacial score (nSPS) is 22.2. The van der Waals surface area contributed by atoms with Gasteiger partial charge in [-0.2, -0.15) is 0 Å². The van der Waals surface area contributed by atoms with E-state index < -0.39 is 0 Å². The number of thiazole rings is 1. The molecule has 2 aromatic rings. The van der Waals surface area contributed by atoms with Gasteiger partial charge in [-0.25, -0.2) is 4.98 Å². The summed E-state index contributed by atoms with van der Waals surface area (Å²) in [5, 5.41) is 5.03. The van der Waals surface area contributed by atoms with Gasteiger partial charge in [-0.05, 0) is 30.7 Å². The molecule has 0 aliphatic carbocycles. The third-order valence-electron chi connectivity index (χ3n) is 4.45. The van der Waals surface area contributed by atoms with Crippen molar-refractivity contribution in [2.75, 3.05) is 19.8 Å². The summed E-state index contributed by atoms with van der Waals surface area (Å²) in [5.74, 6) is 0.127. The van der Waals surface area contributed by atoms with Crippen LogP contribution in [0.4, 0.5) is 0 Å². The molecule has 4 rings (SSSR count). The first-order valence-electron chi connectivity index (χ1n) is 8.32. The van der Waals surface area contributed by atoms with Gasteiger partial charge in [0.15, 0.2) is 6.29 Å². The van der Waals surface area contributed by atoms with E-state index in [9.17, 15) is 4.79 Å². The van der Waals surface area contributed by atoms with E-state index >= 15 is 0 Å². The number of carbonyl (C=O) groups is 1. The van der Waals surface area contributed by atoms with Crippen LogP contribution in [0.3, 0.4) is 0 Å². The summed E-state index contributed by atoms with van der Waals surface area (Å²) in [4.78, 5) is 20.5. The lowest BCUT2D eigenvalue weighted by Gasteiger charge is -2.38. The number of hydrogen-bond donors (Lipinski definition) is 0. The summed E-state index contributed by atoms with van der Waals surface area (Å²) in [5.41, 5.74) is 0.853. The Bertz CT molecular complexity index is 680. The van der Waals surface area contributed by atoms with Crippen LogP contribution in [0.25, 0.3) is 9.88 Å². The smallest absolute Gasteiger partial charge is 0.229 e. The van der Waals surface area contributed by atoms with Crippen molar-refractivity contribution in [1.29, 1.82) is 0 Å². The fraction of sp³-hybridized carbons (Fsp3) is 0.529. The second-order valence-corrected chi connectivity index (χ2v) is 7.86. The SMILES string of the molecule is O=C(Cc1csc(-c2cccs2)n1)N1CCCCC1C1OCCO1. The first kappa shape index (κ1) is 16.2. The average Bonchev–Trinajstić information content (AvgIpc) is 3.36. The number of amides is 1. The summed E-state index contributed by atoms with van der Waals surface area (Å²) in [7, 11) is 0. The lowest BCUT2D eigenvalue weighted by Crippen LogP contribution is -2.50. The van der Waals surface area contributed by atoms with E-state index in [4.69, 9.17) is 9.47 Å². The molecule has 1 atom stereocenters. The van der Waals surface area contributed by atoms with Crippen LogP contribution in [0.15, 0.2) is 22.9 Å². The van der Waals surface area contributed by atoms with Crippen molar-refractivity contribution in [2.24, 2.45) is 0 Å². The van der Waals surface area contributed by atoms with Crippen molar-refractivity contribution in [1.82, 2.24) is 9.88 Å². The van der Waals surface area contributed by atoms with Crippen LogP contribution < -0.4 is 0 Å². The number of carbonyl (C=O) groups excluding carboxylic acids is 1. The number of ether oxygens (including phenoxy) is 2. The van der Waals surface area contributed by atoms with Crippen LogP contribution in [-0.2, 0) is 20.7 Å². The number of aromatic nitrogens is 1. The molecule has 2 fully saturated rings. The molecule has 2 aliphatic rings. The van der Waals surface area contributed by atoms with Gasteiger partial charge < -0.3 is 14.4 Å². The molecule has 5 nitrogen and oxygen atoms in total. The number of nitrogens with zero attached hydrogens (tertiary/aromatic N) is 2. The quantitative estimate of drug-likeness (QED) is 0.836. The molecule has 0 radical (unpaired) electrons. The Balaban J connectivity index is 1.44. The van der Waals surface area contributed by atoms with Gasteiger partial charge in [0.05, 0.1) is 36.2 Å². The molecule has 1 unspecified atom stereocenters. The van der Waals surface area contributed by atoms with Gasteiger partial charge in [-0.1, -0.05) is 6.07 Å². The zero-order chi connectivity index (χ0) is 16.4. The standard InChI is InChI=1S/C17H20N2O3S2/c20-15(10-12-11-24-16(18-12)14-5-3-9-23-14)19-6-2-1-4-13(19)17-21-7-8-22-17/h3,5,9,11,13,17H,1-2,4,6-8,10H2. The van der Waals surface area contributed by atoms with E-state index in [1.807, 2.05) is 21.7 Å². The average molecular weight is 364 g/mol. The predicted molar refractivity (Wildman–Crippen MR) is 94.2 cm³/mol. The molecule has 1 amide bonds. The lowest BCUT2D eigenvalue weighted by molar-refractivity contribution is -0.150. The summed E-state index contributed by atoms with van der Waals surface area (Å²) in [6.07, 6.45) is 3.22. The minimum atomic E-state index is -0.258. The number of thiophene rings is 1. The summed E-state index contributed by atoms with van der Waals surface area (Å²) >= 11 is 3.27. The van der Waals surface area contributed by atoms with Crippen LogP contribution in [0.1, 0.15) is 25.0 Å². The third kappa shape index (κ3) is 3.39. The van der Waals surface area contributed by atoms with Crippen LogP contribution in [0, 0.1) is 0 Å². The van der Waals surface area contributed by atoms with Gasteiger partial charge in [-0.3, -0.25) is 4.79 Å². The second kappa shape index (κ2) is 7.31. The van der Waals surface area contributed by atoms with Gasteiger partial charge in [-0.15, -0.1) is 22.7 Å². The molecule has 0 aromatic carbocycles. The van der Waals surface area contributed by atoms with Crippen molar-refractivity contribution in [3.63, 3.8) is 0 Å². The molecule has 2 aromatic heterocycles. The van der Waals surface area contributed by atoms with Crippen LogP contribution >= 0.6 is 22.7 Å². The highest BCUT2D eigenvalue weighted by Crippen LogP contribution is 2.29. The first-order valence-corrected chi connectivity index (χ1v) is 10.1. The van der Waals surface area contributed by atoms with E-state index in [-0.39, 0.29) is 18.2 Å². The van der Waals surface area contributed by atoms with Crippen molar-refractivity contribution in [3.8, 4) is 9.88 Å². The molecular formula is C17H20N2O3S2. The highest BCUT2D eigenvalue weighted by atomic mass is 32.1. The molecule has 0 saturated carbocycles. The summed E-state index contributed by atoms with van der Waals surface area (Å²) < 4.78 is 11.3. The third-order valence-corrected chi connectivity index (χ3v) is 6.38. The minimum absolute atomic E-state index is 0.0455. The number of rotatable bonds is 4.